The van der Waals surface area contributed by atoms with Gasteiger partial charge in [0.25, 0.3) is 5.69 Å². The number of rotatable bonds is 7. The minimum absolute atomic E-state index is 0.0570. The number of carbonyl (C=O) groups excluding carboxylic acids is 1. The molecule has 3 aromatic rings. The Balaban J connectivity index is 1.65. The third-order valence-electron chi connectivity index (χ3n) is 5.41. The Bertz CT molecular complexity index is 1360. The molecule has 0 spiro atoms. The first-order valence-corrected chi connectivity index (χ1v) is 10.8. The maximum atomic E-state index is 12.6. The Morgan fingerprint density at radius 1 is 1.14 bits per heavy atom. The van der Waals surface area contributed by atoms with Crippen molar-refractivity contribution in [3.63, 3.8) is 0 Å². The van der Waals surface area contributed by atoms with Crippen molar-refractivity contribution in [2.24, 2.45) is 5.73 Å². The van der Waals surface area contributed by atoms with Crippen LogP contribution in [0.5, 0.6) is 17.2 Å². The van der Waals surface area contributed by atoms with E-state index < -0.39 is 16.8 Å². The number of nitro groups is 1. The first-order chi connectivity index (χ1) is 16.9. The number of fused-ring (bicyclic) bond motifs is 1. The van der Waals surface area contributed by atoms with Crippen LogP contribution in [-0.4, -0.2) is 17.5 Å². The smallest absolute Gasteiger partial charge is 0.350 e. The van der Waals surface area contributed by atoms with Gasteiger partial charge in [-0.3, -0.25) is 10.1 Å². The third kappa shape index (κ3) is 4.77. The van der Waals surface area contributed by atoms with Crippen LogP contribution in [0.4, 0.5) is 5.69 Å². The molecule has 3 aromatic carbocycles. The van der Waals surface area contributed by atoms with E-state index in [2.05, 4.69) is 6.07 Å². The van der Waals surface area contributed by atoms with Crippen LogP contribution in [0.1, 0.15) is 40.7 Å². The summed E-state index contributed by atoms with van der Waals surface area (Å²) >= 11 is 0. The first kappa shape index (κ1) is 23.3. The Morgan fingerprint density at radius 3 is 2.54 bits per heavy atom. The molecule has 1 atom stereocenters. The van der Waals surface area contributed by atoms with E-state index in [4.69, 9.17) is 19.9 Å². The Hall–Kier alpha value is -4.84. The molecule has 4 rings (SSSR count). The van der Waals surface area contributed by atoms with Crippen LogP contribution in [0.3, 0.4) is 0 Å². The summed E-state index contributed by atoms with van der Waals surface area (Å²) in [6.07, 6.45) is 0.886. The molecule has 0 saturated carbocycles. The summed E-state index contributed by atoms with van der Waals surface area (Å²) < 4.78 is 16.7. The largest absolute Gasteiger partial charge is 0.494 e. The highest BCUT2D eigenvalue weighted by Gasteiger charge is 2.31. The van der Waals surface area contributed by atoms with Crippen molar-refractivity contribution in [2.45, 2.75) is 19.3 Å². The van der Waals surface area contributed by atoms with Crippen LogP contribution < -0.4 is 19.9 Å². The number of nitrogens with two attached hydrogens (primary N) is 1. The van der Waals surface area contributed by atoms with Crippen molar-refractivity contribution >= 4 is 11.7 Å². The maximum absolute atomic E-state index is 12.6. The Labute approximate surface area is 201 Å². The van der Waals surface area contributed by atoms with Crippen molar-refractivity contribution in [1.29, 1.82) is 5.26 Å². The molecule has 1 aliphatic rings. The summed E-state index contributed by atoms with van der Waals surface area (Å²) in [6.45, 7) is 2.62. The number of para-hydroxylation sites is 1. The summed E-state index contributed by atoms with van der Waals surface area (Å²) in [7, 11) is 0. The van der Waals surface area contributed by atoms with E-state index in [9.17, 15) is 20.2 Å². The average Bonchev–Trinajstić information content (AvgIpc) is 2.86. The van der Waals surface area contributed by atoms with Crippen LogP contribution in [0, 0.1) is 21.4 Å². The minimum Gasteiger partial charge on any atom is -0.494 e. The zero-order chi connectivity index (χ0) is 24.9. The molecule has 0 fully saturated rings. The van der Waals surface area contributed by atoms with Crippen LogP contribution in [0.15, 0.2) is 78.2 Å². The van der Waals surface area contributed by atoms with Crippen molar-refractivity contribution in [1.82, 2.24) is 0 Å². The van der Waals surface area contributed by atoms with Crippen LogP contribution in [0.2, 0.25) is 0 Å². The van der Waals surface area contributed by atoms with Gasteiger partial charge in [0.2, 0.25) is 5.88 Å². The molecule has 9 nitrogen and oxygen atoms in total. The molecule has 0 aliphatic carbocycles. The number of carbonyl (C=O) groups is 1. The van der Waals surface area contributed by atoms with Gasteiger partial charge in [-0.05, 0) is 36.2 Å². The third-order valence-corrected chi connectivity index (χ3v) is 5.41. The van der Waals surface area contributed by atoms with Crippen molar-refractivity contribution in [2.75, 3.05) is 6.61 Å². The fraction of sp³-hybridized carbons (Fsp3) is 0.154. The van der Waals surface area contributed by atoms with Crippen molar-refractivity contribution in [3.05, 3.63) is 105 Å². The van der Waals surface area contributed by atoms with Gasteiger partial charge in [0.1, 0.15) is 34.5 Å². The molecule has 176 valence electrons. The van der Waals surface area contributed by atoms with E-state index in [0.29, 0.717) is 17.9 Å². The van der Waals surface area contributed by atoms with Gasteiger partial charge < -0.3 is 19.9 Å². The zero-order valence-corrected chi connectivity index (χ0v) is 18.8. The summed E-state index contributed by atoms with van der Waals surface area (Å²) in [4.78, 5) is 23.2. The van der Waals surface area contributed by atoms with E-state index in [1.165, 1.54) is 36.4 Å². The van der Waals surface area contributed by atoms with Gasteiger partial charge >= 0.3 is 5.97 Å². The molecular formula is C26H21N3O6. The van der Waals surface area contributed by atoms with Gasteiger partial charge in [-0.25, -0.2) is 4.79 Å². The summed E-state index contributed by atoms with van der Waals surface area (Å²) in [5, 5.41) is 21.0. The molecule has 1 aliphatic heterocycles. The molecule has 35 heavy (non-hydrogen) atoms. The van der Waals surface area contributed by atoms with E-state index in [1.807, 2.05) is 31.2 Å². The highest BCUT2D eigenvalue weighted by molar-refractivity contribution is 5.95. The minimum atomic E-state index is -0.881. The highest BCUT2D eigenvalue weighted by Crippen LogP contribution is 2.43. The number of hydrogen-bond acceptors (Lipinski definition) is 8. The summed E-state index contributed by atoms with van der Waals surface area (Å²) in [5.41, 5.74) is 7.24. The van der Waals surface area contributed by atoms with Gasteiger partial charge in [0.05, 0.1) is 17.4 Å². The first-order valence-electron chi connectivity index (χ1n) is 10.8. The van der Waals surface area contributed by atoms with E-state index in [-0.39, 0.29) is 28.5 Å². The predicted octanol–water partition coefficient (Wildman–Crippen LogP) is 4.82. The quantitative estimate of drug-likeness (QED) is 0.224. The van der Waals surface area contributed by atoms with Crippen molar-refractivity contribution in [3.8, 4) is 23.3 Å². The molecule has 0 amide bonds. The number of benzene rings is 3. The number of allylic oxidation sites excluding steroid dienone is 1. The lowest BCUT2D eigenvalue weighted by Crippen LogP contribution is -2.21. The normalized spacial score (nSPS) is 14.3. The monoisotopic (exact) mass is 471 g/mol. The van der Waals surface area contributed by atoms with Gasteiger partial charge in [-0.15, -0.1) is 0 Å². The van der Waals surface area contributed by atoms with Gasteiger partial charge in [-0.2, -0.15) is 5.26 Å². The molecule has 1 unspecified atom stereocenters. The number of hydrogen-bond donors (Lipinski definition) is 1. The van der Waals surface area contributed by atoms with Crippen LogP contribution in [-0.2, 0) is 0 Å². The van der Waals surface area contributed by atoms with E-state index >= 15 is 0 Å². The average molecular weight is 471 g/mol. The Kier molecular flexibility index (Phi) is 6.64. The highest BCUT2D eigenvalue weighted by atomic mass is 16.6. The summed E-state index contributed by atoms with van der Waals surface area (Å²) in [6, 6.07) is 19.7. The van der Waals surface area contributed by atoms with E-state index in [1.54, 1.807) is 6.07 Å². The SMILES string of the molecule is CCCOc1ccc(C2C(C#N)=C(N)Oc3cc(OC(=O)c4ccccc4[N+](=O)[O-])ccc32)cc1. The number of nitriles is 1. The fourth-order valence-electron chi connectivity index (χ4n) is 3.79. The van der Waals surface area contributed by atoms with Gasteiger partial charge in [-0.1, -0.05) is 37.3 Å². The zero-order valence-electron chi connectivity index (χ0n) is 18.8. The molecule has 0 aromatic heterocycles. The molecule has 0 bridgehead atoms. The fourth-order valence-corrected chi connectivity index (χ4v) is 3.79. The number of nitrogens with zero attached hydrogens (tertiary/aromatic N) is 2. The molecule has 2 N–H and O–H groups in total. The van der Waals surface area contributed by atoms with E-state index in [0.717, 1.165) is 17.7 Å². The van der Waals surface area contributed by atoms with Crippen LogP contribution in [0.25, 0.3) is 0 Å². The molecule has 1 heterocycles. The number of nitro benzene ring substituents is 1. The number of esters is 1. The topological polar surface area (TPSA) is 138 Å². The number of ether oxygens (including phenoxy) is 3. The van der Waals surface area contributed by atoms with Gasteiger partial charge in [0.15, 0.2) is 0 Å². The van der Waals surface area contributed by atoms with Gasteiger partial charge in [0, 0.05) is 17.7 Å². The lowest BCUT2D eigenvalue weighted by atomic mass is 9.83. The Morgan fingerprint density at radius 2 is 1.86 bits per heavy atom. The molecule has 9 heteroatoms. The second-order valence-corrected chi connectivity index (χ2v) is 7.71. The summed E-state index contributed by atoms with van der Waals surface area (Å²) in [5.74, 6) is -0.292. The molecule has 0 saturated heterocycles. The van der Waals surface area contributed by atoms with Crippen LogP contribution >= 0.6 is 0 Å². The molecular weight excluding hydrogens is 450 g/mol. The molecule has 0 radical (unpaired) electrons. The second kappa shape index (κ2) is 9.97. The van der Waals surface area contributed by atoms with Crippen molar-refractivity contribution < 1.29 is 23.9 Å². The lowest BCUT2D eigenvalue weighted by molar-refractivity contribution is -0.385. The second-order valence-electron chi connectivity index (χ2n) is 7.71. The predicted molar refractivity (Wildman–Crippen MR) is 126 cm³/mol. The maximum Gasteiger partial charge on any atom is 0.350 e. The lowest BCUT2D eigenvalue weighted by Gasteiger charge is -2.26. The standard InChI is InChI=1S/C26H21N3O6/c1-2-13-33-17-9-7-16(8-10-17)24-20-12-11-18(14-23(20)35-25(28)21(24)15-27)34-26(30)19-5-3-4-6-22(19)29(31)32/h3-12,14,24H,2,13,28H2,1H3.